The Labute approximate surface area is 219 Å². The van der Waals surface area contributed by atoms with Gasteiger partial charge in [-0.15, -0.1) is 0 Å². The summed E-state index contributed by atoms with van der Waals surface area (Å²) in [5.74, 6) is 0.320. The third kappa shape index (κ3) is 8.16. The fourth-order valence-electron chi connectivity index (χ4n) is 4.62. The van der Waals surface area contributed by atoms with Crippen LogP contribution < -0.4 is 16.3 Å². The molecule has 1 aliphatic heterocycles. The molecule has 3 N–H and O–H groups in total. The number of aromatic nitrogens is 2. The molecule has 0 saturated carbocycles. The van der Waals surface area contributed by atoms with Gasteiger partial charge < -0.3 is 20.5 Å². The molecule has 4 rings (SSSR count). The first kappa shape index (κ1) is 28.4. The third-order valence-corrected chi connectivity index (χ3v) is 6.53. The molecule has 37 heavy (non-hydrogen) atoms. The molecule has 0 radical (unpaired) electrons. The van der Waals surface area contributed by atoms with E-state index in [0.717, 1.165) is 51.1 Å². The molecule has 2 heterocycles. The molecule has 9 heteroatoms. The summed E-state index contributed by atoms with van der Waals surface area (Å²) in [6.07, 6.45) is 9.82. The second-order valence-electron chi connectivity index (χ2n) is 9.70. The quantitative estimate of drug-likeness (QED) is 0.507. The number of hydrogen-bond acceptors (Lipinski definition) is 5. The lowest BCUT2D eigenvalue weighted by atomic mass is 10.0. The highest BCUT2D eigenvalue weighted by Crippen LogP contribution is 2.15. The van der Waals surface area contributed by atoms with Gasteiger partial charge in [0.25, 0.3) is 0 Å². The summed E-state index contributed by atoms with van der Waals surface area (Å²) in [5, 5.41) is 5.84. The largest absolute Gasteiger partial charge is 0.353 e. The molecule has 1 fully saturated rings. The Hall–Kier alpha value is -3.17. The van der Waals surface area contributed by atoms with E-state index in [1.807, 2.05) is 58.0 Å². The Morgan fingerprint density at radius 1 is 1.08 bits per heavy atom. The van der Waals surface area contributed by atoms with E-state index < -0.39 is 11.7 Å². The van der Waals surface area contributed by atoms with Gasteiger partial charge in [0.05, 0.1) is 17.6 Å². The summed E-state index contributed by atoms with van der Waals surface area (Å²) in [7, 11) is 0. The van der Waals surface area contributed by atoms with Crippen LogP contribution in [0.2, 0.25) is 0 Å². The molecule has 9 nitrogen and oxygen atoms in total. The number of allylic oxidation sites excluding steroid dienone is 3. The van der Waals surface area contributed by atoms with Crippen molar-refractivity contribution in [2.75, 3.05) is 45.8 Å². The summed E-state index contributed by atoms with van der Waals surface area (Å²) < 4.78 is 1.20. The molecule has 1 aromatic heterocycles. The molecule has 1 aromatic carbocycles. The number of amides is 2. The van der Waals surface area contributed by atoms with E-state index in [1.165, 1.54) is 4.57 Å². The maximum atomic E-state index is 12.8. The lowest BCUT2D eigenvalue weighted by Crippen LogP contribution is -2.50. The number of carbonyl (C=O) groups excluding carboxylic acids is 2. The normalized spacial score (nSPS) is 18.0. The molecule has 2 aliphatic rings. The Morgan fingerprint density at radius 3 is 2.49 bits per heavy atom. The maximum absolute atomic E-state index is 12.8. The fraction of sp³-hybridized carbons (Fsp3) is 0.536. The number of rotatable bonds is 8. The molecule has 202 valence electrons. The van der Waals surface area contributed by atoms with E-state index >= 15 is 0 Å². The molecule has 1 saturated heterocycles. The number of aromatic amines is 1. The standard InChI is InChI=1S/C26H36N6O3.C2H6/c1-19(2)28-24(33)18-31-14-12-30(13-15-31)11-10-20-8-9-22-23(16-20)32(26(35)29-22)25(34)27-17-21-6-4-3-5-7-21;1-2/h3-6,8-9,16,19,21H,7,10-15,17-18H2,1-2H3,(H,27,34)(H,28,33)(H,29,35);1-2H3. The van der Waals surface area contributed by atoms with Crippen LogP contribution in [0.4, 0.5) is 4.79 Å². The van der Waals surface area contributed by atoms with E-state index in [2.05, 4.69) is 37.6 Å². The van der Waals surface area contributed by atoms with Crippen molar-refractivity contribution in [3.8, 4) is 0 Å². The lowest BCUT2D eigenvalue weighted by molar-refractivity contribution is -0.123. The zero-order valence-corrected chi connectivity index (χ0v) is 22.6. The predicted octanol–water partition coefficient (Wildman–Crippen LogP) is 2.73. The molecule has 0 bridgehead atoms. The van der Waals surface area contributed by atoms with Crippen molar-refractivity contribution in [3.63, 3.8) is 0 Å². The summed E-state index contributed by atoms with van der Waals surface area (Å²) in [4.78, 5) is 44.7. The number of imidazole rings is 1. The first-order chi connectivity index (χ1) is 17.9. The highest BCUT2D eigenvalue weighted by atomic mass is 16.2. The summed E-state index contributed by atoms with van der Waals surface area (Å²) in [6.45, 7) is 13.3. The number of piperazine rings is 1. The fourth-order valence-corrected chi connectivity index (χ4v) is 4.62. The maximum Gasteiger partial charge on any atom is 0.334 e. The van der Waals surface area contributed by atoms with Gasteiger partial charge >= 0.3 is 11.7 Å². The Kier molecular flexibility index (Phi) is 10.7. The third-order valence-electron chi connectivity index (χ3n) is 6.53. The van der Waals surface area contributed by atoms with E-state index in [1.54, 1.807) is 0 Å². The van der Waals surface area contributed by atoms with Gasteiger partial charge in [0, 0.05) is 45.3 Å². The minimum Gasteiger partial charge on any atom is -0.353 e. The van der Waals surface area contributed by atoms with Crippen LogP contribution >= 0.6 is 0 Å². The predicted molar refractivity (Wildman–Crippen MR) is 149 cm³/mol. The molecule has 2 amide bonds. The Balaban J connectivity index is 0.00000186. The second-order valence-corrected chi connectivity index (χ2v) is 9.70. The molecule has 2 aromatic rings. The van der Waals surface area contributed by atoms with Crippen LogP contribution in [0.25, 0.3) is 11.0 Å². The zero-order valence-electron chi connectivity index (χ0n) is 22.6. The van der Waals surface area contributed by atoms with Crippen LogP contribution in [-0.2, 0) is 11.2 Å². The first-order valence-corrected chi connectivity index (χ1v) is 13.5. The van der Waals surface area contributed by atoms with Gasteiger partial charge in [-0.2, -0.15) is 0 Å². The zero-order chi connectivity index (χ0) is 26.8. The van der Waals surface area contributed by atoms with Crippen molar-refractivity contribution in [1.29, 1.82) is 0 Å². The topological polar surface area (TPSA) is 102 Å². The van der Waals surface area contributed by atoms with Gasteiger partial charge in [-0.1, -0.05) is 44.2 Å². The molecule has 1 atom stereocenters. The average Bonchev–Trinajstić information content (AvgIpc) is 3.23. The minimum atomic E-state index is -0.425. The second kappa shape index (κ2) is 13.9. The number of hydrogen-bond donors (Lipinski definition) is 3. The van der Waals surface area contributed by atoms with Gasteiger partial charge in [0.2, 0.25) is 5.91 Å². The van der Waals surface area contributed by atoms with E-state index in [4.69, 9.17) is 0 Å². The van der Waals surface area contributed by atoms with Crippen LogP contribution in [0.1, 0.15) is 39.7 Å². The van der Waals surface area contributed by atoms with Gasteiger partial charge in [-0.3, -0.25) is 9.69 Å². The number of fused-ring (bicyclic) bond motifs is 1. The molecular formula is C28H42N6O3. The van der Waals surface area contributed by atoms with Gasteiger partial charge in [-0.05, 0) is 50.3 Å². The SMILES string of the molecule is CC.CC(C)NC(=O)CN1CCN(CCc2ccc3[nH]c(=O)n(C(=O)NCC4C=CC=CC4)c3c2)CC1. The first-order valence-electron chi connectivity index (χ1n) is 13.5. The van der Waals surface area contributed by atoms with Crippen LogP contribution in [0.3, 0.4) is 0 Å². The smallest absolute Gasteiger partial charge is 0.334 e. The monoisotopic (exact) mass is 510 g/mol. The van der Waals surface area contributed by atoms with Crippen molar-refractivity contribution in [2.24, 2.45) is 5.92 Å². The molecule has 0 spiro atoms. The van der Waals surface area contributed by atoms with Crippen molar-refractivity contribution in [2.45, 2.75) is 46.6 Å². The number of nitrogens with one attached hydrogen (secondary N) is 3. The van der Waals surface area contributed by atoms with E-state index in [9.17, 15) is 14.4 Å². The van der Waals surface area contributed by atoms with Gasteiger partial charge in [0.1, 0.15) is 0 Å². The molecular weight excluding hydrogens is 468 g/mol. The Bertz CT molecular complexity index is 1150. The number of H-pyrrole nitrogens is 1. The lowest BCUT2D eigenvalue weighted by Gasteiger charge is -2.34. The highest BCUT2D eigenvalue weighted by Gasteiger charge is 2.20. The van der Waals surface area contributed by atoms with E-state index in [-0.39, 0.29) is 17.9 Å². The molecule has 1 aliphatic carbocycles. The summed E-state index contributed by atoms with van der Waals surface area (Å²) in [6, 6.07) is 5.57. The average molecular weight is 511 g/mol. The Morgan fingerprint density at radius 2 is 1.81 bits per heavy atom. The minimum absolute atomic E-state index is 0.0791. The highest BCUT2D eigenvalue weighted by molar-refractivity contribution is 5.89. The number of carbonyl (C=O) groups is 2. The van der Waals surface area contributed by atoms with Crippen LogP contribution in [-0.4, -0.2) is 83.1 Å². The number of benzene rings is 1. The van der Waals surface area contributed by atoms with Crippen LogP contribution in [0.5, 0.6) is 0 Å². The van der Waals surface area contributed by atoms with Crippen molar-refractivity contribution in [3.05, 3.63) is 58.6 Å². The van der Waals surface area contributed by atoms with E-state index in [0.29, 0.717) is 24.1 Å². The van der Waals surface area contributed by atoms with Crippen molar-refractivity contribution in [1.82, 2.24) is 30.0 Å². The van der Waals surface area contributed by atoms with Gasteiger partial charge in [-0.25, -0.2) is 14.2 Å². The summed E-state index contributed by atoms with van der Waals surface area (Å²) in [5.41, 5.74) is 1.91. The molecule has 1 unspecified atom stereocenters. The van der Waals surface area contributed by atoms with Crippen LogP contribution in [0.15, 0.2) is 47.3 Å². The summed E-state index contributed by atoms with van der Waals surface area (Å²) >= 11 is 0. The van der Waals surface area contributed by atoms with Crippen molar-refractivity contribution >= 4 is 23.0 Å². The van der Waals surface area contributed by atoms with Crippen molar-refractivity contribution < 1.29 is 9.59 Å². The van der Waals surface area contributed by atoms with Gasteiger partial charge in [0.15, 0.2) is 0 Å². The number of nitrogens with zero attached hydrogens (tertiary/aromatic N) is 3. The van der Waals surface area contributed by atoms with Crippen LogP contribution in [0, 0.1) is 5.92 Å².